The van der Waals surface area contributed by atoms with Crippen molar-refractivity contribution in [2.45, 2.75) is 19.3 Å². The number of rotatable bonds is 4. The van der Waals surface area contributed by atoms with E-state index in [1.807, 2.05) is 0 Å². The van der Waals surface area contributed by atoms with E-state index < -0.39 is 0 Å². The van der Waals surface area contributed by atoms with Crippen LogP contribution in [0, 0.1) is 5.92 Å². The third kappa shape index (κ3) is 2.94. The van der Waals surface area contributed by atoms with Crippen LogP contribution in [0.15, 0.2) is 0 Å². The fraction of sp³-hybridized carbons (Fsp3) is 1.00. The van der Waals surface area contributed by atoms with E-state index in [-0.39, 0.29) is 0 Å². The van der Waals surface area contributed by atoms with E-state index >= 15 is 0 Å². The lowest BCUT2D eigenvalue weighted by Gasteiger charge is -2.20. The van der Waals surface area contributed by atoms with E-state index in [9.17, 15) is 0 Å². The summed E-state index contributed by atoms with van der Waals surface area (Å²) < 4.78 is 0. The third-order valence-corrected chi connectivity index (χ3v) is 4.44. The Morgan fingerprint density at radius 2 is 1.71 bits per heavy atom. The van der Waals surface area contributed by atoms with Crippen molar-refractivity contribution in [3.8, 4) is 0 Å². The molecule has 0 radical (unpaired) electrons. The van der Waals surface area contributed by atoms with Gasteiger partial charge in [0.2, 0.25) is 0 Å². The van der Waals surface area contributed by atoms with E-state index in [4.69, 9.17) is 0 Å². The number of likely N-dealkylation sites (tertiary alicyclic amines) is 2. The Bertz CT molecular complexity index is 169. The highest BCUT2D eigenvalue weighted by atomic mass is 79.9. The van der Waals surface area contributed by atoms with E-state index in [1.54, 1.807) is 0 Å². The van der Waals surface area contributed by atoms with Crippen molar-refractivity contribution in [1.82, 2.24) is 9.80 Å². The average molecular weight is 261 g/mol. The van der Waals surface area contributed by atoms with E-state index in [0.717, 1.165) is 5.92 Å². The van der Waals surface area contributed by atoms with E-state index in [2.05, 4.69) is 25.7 Å². The van der Waals surface area contributed by atoms with Crippen molar-refractivity contribution in [3.63, 3.8) is 0 Å². The van der Waals surface area contributed by atoms with Crippen LogP contribution in [0.25, 0.3) is 0 Å². The molecular weight excluding hydrogens is 240 g/mol. The molecule has 1 atom stereocenters. The molecule has 0 aromatic rings. The second-order valence-electron chi connectivity index (χ2n) is 4.66. The molecule has 82 valence electrons. The van der Waals surface area contributed by atoms with Gasteiger partial charge in [-0.3, -0.25) is 0 Å². The van der Waals surface area contributed by atoms with Gasteiger partial charge in [0.05, 0.1) is 0 Å². The van der Waals surface area contributed by atoms with Crippen LogP contribution in [-0.2, 0) is 0 Å². The zero-order valence-electron chi connectivity index (χ0n) is 8.92. The van der Waals surface area contributed by atoms with Gasteiger partial charge in [0.15, 0.2) is 0 Å². The molecule has 0 N–H and O–H groups in total. The van der Waals surface area contributed by atoms with Gasteiger partial charge >= 0.3 is 0 Å². The Morgan fingerprint density at radius 1 is 1.00 bits per heavy atom. The Labute approximate surface area is 95.8 Å². The minimum Gasteiger partial charge on any atom is -0.302 e. The summed E-state index contributed by atoms with van der Waals surface area (Å²) in [6, 6.07) is 0. The van der Waals surface area contributed by atoms with Crippen LogP contribution in [0.5, 0.6) is 0 Å². The number of halogens is 1. The van der Waals surface area contributed by atoms with Crippen LogP contribution < -0.4 is 0 Å². The summed E-state index contributed by atoms with van der Waals surface area (Å²) in [5.41, 5.74) is 0. The second-order valence-corrected chi connectivity index (χ2v) is 5.31. The van der Waals surface area contributed by atoms with Crippen molar-refractivity contribution < 1.29 is 0 Å². The van der Waals surface area contributed by atoms with E-state index in [0.29, 0.717) is 0 Å². The molecule has 0 aromatic heterocycles. The largest absolute Gasteiger partial charge is 0.302 e. The molecule has 0 amide bonds. The van der Waals surface area contributed by atoms with Gasteiger partial charge in [-0.25, -0.2) is 0 Å². The lowest BCUT2D eigenvalue weighted by atomic mass is 10.2. The number of hydrogen-bond donors (Lipinski definition) is 0. The molecule has 0 spiro atoms. The predicted molar refractivity (Wildman–Crippen MR) is 64.0 cm³/mol. The van der Waals surface area contributed by atoms with Crippen molar-refractivity contribution in [1.29, 1.82) is 0 Å². The summed E-state index contributed by atoms with van der Waals surface area (Å²) in [7, 11) is 0. The van der Waals surface area contributed by atoms with Crippen molar-refractivity contribution in [2.24, 2.45) is 5.92 Å². The highest BCUT2D eigenvalue weighted by Crippen LogP contribution is 2.18. The van der Waals surface area contributed by atoms with Crippen LogP contribution in [0.1, 0.15) is 19.3 Å². The van der Waals surface area contributed by atoms with Gasteiger partial charge in [0.25, 0.3) is 0 Å². The highest BCUT2D eigenvalue weighted by Gasteiger charge is 2.21. The molecule has 0 bridgehead atoms. The summed E-state index contributed by atoms with van der Waals surface area (Å²) >= 11 is 3.58. The Kier molecular flexibility index (Phi) is 4.26. The minimum absolute atomic E-state index is 0.911. The molecule has 2 fully saturated rings. The monoisotopic (exact) mass is 260 g/mol. The van der Waals surface area contributed by atoms with Crippen LogP contribution in [0.2, 0.25) is 0 Å². The summed E-state index contributed by atoms with van der Waals surface area (Å²) in [5.74, 6) is 0.911. The number of hydrogen-bond acceptors (Lipinski definition) is 2. The van der Waals surface area contributed by atoms with Crippen LogP contribution in [0.3, 0.4) is 0 Å². The first-order chi connectivity index (χ1) is 6.88. The fourth-order valence-corrected chi connectivity index (χ4v) is 3.06. The molecule has 14 heavy (non-hydrogen) atoms. The lowest BCUT2D eigenvalue weighted by molar-refractivity contribution is 0.254. The van der Waals surface area contributed by atoms with E-state index in [1.165, 1.54) is 63.9 Å². The maximum Gasteiger partial charge on any atom is 0.0109 e. The van der Waals surface area contributed by atoms with Gasteiger partial charge in [-0.15, -0.1) is 0 Å². The number of alkyl halides is 1. The molecule has 0 aliphatic carbocycles. The standard InChI is InChI=1S/C11H21BrN2/c12-9-11-3-6-14(10-11)8-7-13-4-1-2-5-13/h11H,1-10H2. The zero-order valence-corrected chi connectivity index (χ0v) is 10.5. The van der Waals surface area contributed by atoms with Gasteiger partial charge in [0, 0.05) is 25.0 Å². The van der Waals surface area contributed by atoms with Crippen molar-refractivity contribution in [2.75, 3.05) is 44.6 Å². The van der Waals surface area contributed by atoms with Gasteiger partial charge in [-0.05, 0) is 44.8 Å². The zero-order chi connectivity index (χ0) is 9.80. The maximum atomic E-state index is 3.58. The molecule has 2 aliphatic heterocycles. The molecule has 2 aliphatic rings. The molecule has 2 nitrogen and oxygen atoms in total. The van der Waals surface area contributed by atoms with Gasteiger partial charge in [-0.1, -0.05) is 15.9 Å². The van der Waals surface area contributed by atoms with Crippen LogP contribution in [0.4, 0.5) is 0 Å². The summed E-state index contributed by atoms with van der Waals surface area (Å²) in [5, 5.41) is 1.19. The topological polar surface area (TPSA) is 6.48 Å². The molecule has 3 heteroatoms. The third-order valence-electron chi connectivity index (χ3n) is 3.52. The minimum atomic E-state index is 0.911. The highest BCUT2D eigenvalue weighted by molar-refractivity contribution is 9.09. The Hall–Kier alpha value is 0.400. The first kappa shape index (κ1) is 10.9. The Balaban J connectivity index is 1.61. The Morgan fingerprint density at radius 3 is 2.36 bits per heavy atom. The average Bonchev–Trinajstić information content (AvgIpc) is 2.86. The normalized spacial score (nSPS) is 30.2. The van der Waals surface area contributed by atoms with Crippen molar-refractivity contribution in [3.05, 3.63) is 0 Å². The molecule has 2 rings (SSSR count). The van der Waals surface area contributed by atoms with Gasteiger partial charge in [0.1, 0.15) is 0 Å². The molecular formula is C11H21BrN2. The molecule has 0 aromatic carbocycles. The summed E-state index contributed by atoms with van der Waals surface area (Å²) in [6.45, 7) is 7.92. The molecule has 0 saturated carbocycles. The lowest BCUT2D eigenvalue weighted by Crippen LogP contribution is -2.32. The quantitative estimate of drug-likeness (QED) is 0.712. The first-order valence-electron chi connectivity index (χ1n) is 5.89. The summed E-state index contributed by atoms with van der Waals surface area (Å²) in [4.78, 5) is 5.24. The molecule has 2 heterocycles. The predicted octanol–water partition coefficient (Wildman–Crippen LogP) is 1.80. The smallest absolute Gasteiger partial charge is 0.0109 e. The number of nitrogens with zero attached hydrogens (tertiary/aromatic N) is 2. The maximum absolute atomic E-state index is 3.58. The van der Waals surface area contributed by atoms with Gasteiger partial charge < -0.3 is 9.80 Å². The summed E-state index contributed by atoms with van der Waals surface area (Å²) in [6.07, 6.45) is 4.24. The van der Waals surface area contributed by atoms with Crippen molar-refractivity contribution >= 4 is 15.9 Å². The first-order valence-corrected chi connectivity index (χ1v) is 7.01. The van der Waals surface area contributed by atoms with Crippen LogP contribution in [-0.4, -0.2) is 54.4 Å². The molecule has 1 unspecified atom stereocenters. The SMILES string of the molecule is BrCC1CCN(CCN2CCCC2)C1. The molecule has 2 saturated heterocycles. The second kappa shape index (κ2) is 5.47. The van der Waals surface area contributed by atoms with Crippen LogP contribution >= 0.6 is 15.9 Å². The van der Waals surface area contributed by atoms with Gasteiger partial charge in [-0.2, -0.15) is 0 Å². The fourth-order valence-electron chi connectivity index (χ4n) is 2.53.